The maximum atomic E-state index is 12.3. The zero-order valence-corrected chi connectivity index (χ0v) is 13.7. The van der Waals surface area contributed by atoms with Crippen LogP contribution in [0.4, 0.5) is 5.69 Å². The molecule has 0 atom stereocenters. The quantitative estimate of drug-likeness (QED) is 0.839. The summed E-state index contributed by atoms with van der Waals surface area (Å²) < 4.78 is 5.24. The third-order valence-electron chi connectivity index (χ3n) is 3.16. The Morgan fingerprint density at radius 2 is 1.82 bits per heavy atom. The third-order valence-corrected chi connectivity index (χ3v) is 3.80. The van der Waals surface area contributed by atoms with Crippen LogP contribution in [-0.4, -0.2) is 18.0 Å². The minimum atomic E-state index is -0.255. The molecule has 0 bridgehead atoms. The molecule has 3 N–H and O–H groups in total. The summed E-state index contributed by atoms with van der Waals surface area (Å²) in [5.74, 6) is 0.248. The molecule has 0 spiro atoms. The van der Waals surface area contributed by atoms with E-state index >= 15 is 0 Å². The van der Waals surface area contributed by atoms with Crippen molar-refractivity contribution in [3.05, 3.63) is 58.1 Å². The van der Waals surface area contributed by atoms with Gasteiger partial charge in [-0.25, -0.2) is 0 Å². The Kier molecular flexibility index (Phi) is 5.00. The molecule has 2 aromatic rings. The molecular formula is C16H15ClN2O2S. The van der Waals surface area contributed by atoms with Crippen LogP contribution in [0, 0.1) is 6.92 Å². The van der Waals surface area contributed by atoms with E-state index in [-0.39, 0.29) is 5.91 Å². The molecule has 4 nitrogen and oxygen atoms in total. The maximum Gasteiger partial charge on any atom is 0.255 e. The van der Waals surface area contributed by atoms with Crippen molar-refractivity contribution in [2.75, 3.05) is 12.4 Å². The molecule has 0 radical (unpaired) electrons. The molecule has 0 fully saturated rings. The number of aryl methyl sites for hydroxylation is 1. The van der Waals surface area contributed by atoms with Gasteiger partial charge in [0, 0.05) is 22.2 Å². The van der Waals surface area contributed by atoms with E-state index in [0.29, 0.717) is 32.6 Å². The van der Waals surface area contributed by atoms with E-state index < -0.39 is 0 Å². The third kappa shape index (κ3) is 3.55. The summed E-state index contributed by atoms with van der Waals surface area (Å²) in [6.45, 7) is 1.86. The zero-order chi connectivity index (χ0) is 16.3. The SMILES string of the molecule is COc1cc(Cl)c(C)cc1NC(=O)c1ccc(C(N)=S)cc1. The largest absolute Gasteiger partial charge is 0.495 e. The van der Waals surface area contributed by atoms with Crippen LogP contribution in [0.15, 0.2) is 36.4 Å². The van der Waals surface area contributed by atoms with Gasteiger partial charge in [-0.2, -0.15) is 0 Å². The number of benzene rings is 2. The number of hydrogen-bond acceptors (Lipinski definition) is 3. The summed E-state index contributed by atoms with van der Waals surface area (Å²) in [5, 5.41) is 3.39. The van der Waals surface area contributed by atoms with Gasteiger partial charge in [-0.15, -0.1) is 0 Å². The molecule has 2 aromatic carbocycles. The fraction of sp³-hybridized carbons (Fsp3) is 0.125. The topological polar surface area (TPSA) is 64.3 Å². The number of anilines is 1. The summed E-state index contributed by atoms with van der Waals surface area (Å²) >= 11 is 10.9. The lowest BCUT2D eigenvalue weighted by Gasteiger charge is -2.12. The Morgan fingerprint density at radius 1 is 1.23 bits per heavy atom. The number of rotatable bonds is 4. The molecule has 0 saturated heterocycles. The molecule has 0 heterocycles. The van der Waals surface area contributed by atoms with Crippen LogP contribution in [0.2, 0.25) is 5.02 Å². The maximum absolute atomic E-state index is 12.3. The second-order valence-electron chi connectivity index (χ2n) is 4.70. The number of methoxy groups -OCH3 is 1. The van der Waals surface area contributed by atoms with Gasteiger partial charge in [0.15, 0.2) is 0 Å². The standard InChI is InChI=1S/C16H15ClN2O2S/c1-9-7-13(14(21-2)8-12(9)17)19-16(20)11-5-3-10(4-6-11)15(18)22/h3-8H,1-2H3,(H2,18,22)(H,19,20). The van der Waals surface area contributed by atoms with E-state index in [0.717, 1.165) is 5.56 Å². The van der Waals surface area contributed by atoms with E-state index in [1.807, 2.05) is 6.92 Å². The highest BCUT2D eigenvalue weighted by molar-refractivity contribution is 7.80. The molecule has 0 unspecified atom stereocenters. The Hall–Kier alpha value is -2.11. The molecule has 22 heavy (non-hydrogen) atoms. The van der Waals surface area contributed by atoms with Crippen molar-refractivity contribution in [2.45, 2.75) is 6.92 Å². The van der Waals surface area contributed by atoms with E-state index in [4.69, 9.17) is 34.3 Å². The van der Waals surface area contributed by atoms with Crippen LogP contribution in [-0.2, 0) is 0 Å². The first-order valence-electron chi connectivity index (χ1n) is 6.47. The van der Waals surface area contributed by atoms with Gasteiger partial charge in [0.2, 0.25) is 0 Å². The van der Waals surface area contributed by atoms with Gasteiger partial charge in [0.1, 0.15) is 10.7 Å². The fourth-order valence-corrected chi connectivity index (χ4v) is 2.20. The van der Waals surface area contributed by atoms with E-state index in [9.17, 15) is 4.79 Å². The van der Waals surface area contributed by atoms with Crippen molar-refractivity contribution in [3.63, 3.8) is 0 Å². The van der Waals surface area contributed by atoms with Crippen LogP contribution in [0.5, 0.6) is 5.75 Å². The highest BCUT2D eigenvalue weighted by Crippen LogP contribution is 2.31. The molecule has 0 aliphatic rings. The Morgan fingerprint density at radius 3 is 2.36 bits per heavy atom. The van der Waals surface area contributed by atoms with Crippen molar-refractivity contribution in [1.29, 1.82) is 0 Å². The van der Waals surface area contributed by atoms with Gasteiger partial charge in [-0.3, -0.25) is 4.79 Å². The predicted octanol–water partition coefficient (Wildman–Crippen LogP) is 3.54. The molecule has 2 rings (SSSR count). The number of ether oxygens (including phenoxy) is 1. The van der Waals surface area contributed by atoms with Gasteiger partial charge in [0.25, 0.3) is 5.91 Å². The summed E-state index contributed by atoms with van der Waals surface area (Å²) in [4.78, 5) is 12.6. The first-order valence-corrected chi connectivity index (χ1v) is 7.26. The first kappa shape index (κ1) is 16.3. The number of thiocarbonyl (C=S) groups is 1. The minimum Gasteiger partial charge on any atom is -0.495 e. The van der Waals surface area contributed by atoms with Crippen molar-refractivity contribution in [3.8, 4) is 5.75 Å². The molecular weight excluding hydrogens is 320 g/mol. The second kappa shape index (κ2) is 6.77. The predicted molar refractivity (Wildman–Crippen MR) is 93.0 cm³/mol. The highest BCUT2D eigenvalue weighted by Gasteiger charge is 2.12. The molecule has 6 heteroatoms. The normalized spacial score (nSPS) is 10.1. The van der Waals surface area contributed by atoms with Gasteiger partial charge >= 0.3 is 0 Å². The van der Waals surface area contributed by atoms with Crippen molar-refractivity contribution in [1.82, 2.24) is 0 Å². The van der Waals surface area contributed by atoms with Gasteiger partial charge in [-0.1, -0.05) is 36.0 Å². The van der Waals surface area contributed by atoms with Crippen LogP contribution >= 0.6 is 23.8 Å². The average molecular weight is 335 g/mol. The number of carbonyl (C=O) groups excluding carboxylic acids is 1. The number of halogens is 1. The molecule has 0 aliphatic heterocycles. The molecule has 0 saturated carbocycles. The van der Waals surface area contributed by atoms with Crippen molar-refractivity contribution >= 4 is 40.4 Å². The van der Waals surface area contributed by atoms with Gasteiger partial charge in [0.05, 0.1) is 12.8 Å². The lowest BCUT2D eigenvalue weighted by molar-refractivity contribution is 0.102. The molecule has 114 valence electrons. The second-order valence-corrected chi connectivity index (χ2v) is 5.54. The number of carbonyl (C=O) groups is 1. The Balaban J connectivity index is 2.25. The number of amides is 1. The van der Waals surface area contributed by atoms with Crippen molar-refractivity contribution < 1.29 is 9.53 Å². The summed E-state index contributed by atoms with van der Waals surface area (Å²) in [7, 11) is 1.52. The van der Waals surface area contributed by atoms with E-state index in [1.165, 1.54) is 7.11 Å². The van der Waals surface area contributed by atoms with Crippen LogP contribution in [0.1, 0.15) is 21.5 Å². The highest BCUT2D eigenvalue weighted by atomic mass is 35.5. The lowest BCUT2D eigenvalue weighted by atomic mass is 10.1. The first-order chi connectivity index (χ1) is 10.4. The number of nitrogens with two attached hydrogens (primary N) is 1. The van der Waals surface area contributed by atoms with Crippen LogP contribution in [0.3, 0.4) is 0 Å². The fourth-order valence-electron chi connectivity index (χ4n) is 1.91. The summed E-state index contributed by atoms with van der Waals surface area (Å²) in [6, 6.07) is 10.2. The van der Waals surface area contributed by atoms with Gasteiger partial charge in [-0.05, 0) is 30.7 Å². The lowest BCUT2D eigenvalue weighted by Crippen LogP contribution is -2.14. The Bertz CT molecular complexity index is 730. The number of hydrogen-bond donors (Lipinski definition) is 2. The van der Waals surface area contributed by atoms with Crippen LogP contribution in [0.25, 0.3) is 0 Å². The minimum absolute atomic E-state index is 0.255. The molecule has 0 aromatic heterocycles. The number of nitrogens with one attached hydrogen (secondary N) is 1. The monoisotopic (exact) mass is 334 g/mol. The van der Waals surface area contributed by atoms with E-state index in [1.54, 1.807) is 36.4 Å². The van der Waals surface area contributed by atoms with Crippen molar-refractivity contribution in [2.24, 2.45) is 5.73 Å². The molecule has 0 aliphatic carbocycles. The zero-order valence-electron chi connectivity index (χ0n) is 12.1. The van der Waals surface area contributed by atoms with E-state index in [2.05, 4.69) is 5.32 Å². The smallest absolute Gasteiger partial charge is 0.255 e. The van der Waals surface area contributed by atoms with Gasteiger partial charge < -0.3 is 15.8 Å². The summed E-state index contributed by atoms with van der Waals surface area (Å²) in [6.07, 6.45) is 0. The Labute approximate surface area is 139 Å². The molecule has 1 amide bonds. The van der Waals surface area contributed by atoms with Crippen LogP contribution < -0.4 is 15.8 Å². The summed E-state index contributed by atoms with van der Waals surface area (Å²) in [5.41, 5.74) is 8.15. The average Bonchev–Trinajstić information content (AvgIpc) is 2.50.